The van der Waals surface area contributed by atoms with Crippen LogP contribution in [0.25, 0.3) is 0 Å². The normalized spacial score (nSPS) is 19.6. The van der Waals surface area contributed by atoms with Gasteiger partial charge in [0, 0.05) is 13.1 Å². The van der Waals surface area contributed by atoms with Crippen molar-refractivity contribution in [3.8, 4) is 0 Å². The Morgan fingerprint density at radius 1 is 1.06 bits per heavy atom. The summed E-state index contributed by atoms with van der Waals surface area (Å²) in [5.74, 6) is -1.51. The van der Waals surface area contributed by atoms with Crippen molar-refractivity contribution in [1.82, 2.24) is 14.9 Å². The molecule has 0 aromatic heterocycles. The number of carbonyl (C=O) groups is 2. The third kappa shape index (κ3) is 6.43. The van der Waals surface area contributed by atoms with Gasteiger partial charge in [-0.3, -0.25) is 9.59 Å². The number of nitrogens with one attached hydrogen (secondary N) is 2. The minimum Gasteiger partial charge on any atom is -0.360 e. The van der Waals surface area contributed by atoms with Crippen molar-refractivity contribution in [3.05, 3.63) is 40.5 Å². The van der Waals surface area contributed by atoms with Crippen LogP contribution in [0.4, 0.5) is 0 Å². The minimum atomic E-state index is -3.83. The maximum Gasteiger partial charge on any atom is 0.309 e. The lowest BCUT2D eigenvalue weighted by molar-refractivity contribution is -0.140. The van der Waals surface area contributed by atoms with Crippen LogP contribution in [0, 0.1) is 20.8 Å². The molecule has 1 heterocycles. The fraction of sp³-hybridized carbons (Fsp3) is 0.583. The summed E-state index contributed by atoms with van der Waals surface area (Å²) in [5, 5.41) is 5.18. The number of ether oxygens (including phenoxy) is 1. The summed E-state index contributed by atoms with van der Waals surface area (Å²) in [7, 11) is -3.83. The molecule has 1 aliphatic carbocycles. The van der Waals surface area contributed by atoms with Crippen LogP contribution in [0.3, 0.4) is 0 Å². The van der Waals surface area contributed by atoms with E-state index >= 15 is 0 Å². The molecule has 1 atom stereocenters. The fourth-order valence-corrected chi connectivity index (χ4v) is 6.58. The molecule has 1 aromatic rings. The summed E-state index contributed by atoms with van der Waals surface area (Å²) < 4.78 is 33.9. The van der Waals surface area contributed by atoms with Gasteiger partial charge in [-0.25, -0.2) is 8.42 Å². The maximum atomic E-state index is 13.5. The zero-order chi connectivity index (χ0) is 24.0. The van der Waals surface area contributed by atoms with E-state index in [0.29, 0.717) is 30.7 Å². The molecule has 2 aliphatic rings. The van der Waals surface area contributed by atoms with E-state index in [0.717, 1.165) is 24.8 Å². The number of hydrogen-bond donors (Lipinski definition) is 2. The maximum absolute atomic E-state index is 13.5. The summed E-state index contributed by atoms with van der Waals surface area (Å²) in [6, 6.07) is 3.68. The Kier molecular flexibility index (Phi) is 8.67. The van der Waals surface area contributed by atoms with Crippen molar-refractivity contribution in [2.24, 2.45) is 0 Å². The van der Waals surface area contributed by atoms with Crippen molar-refractivity contribution in [1.29, 1.82) is 0 Å². The van der Waals surface area contributed by atoms with Gasteiger partial charge in [0.15, 0.2) is 0 Å². The molecule has 3 rings (SSSR count). The van der Waals surface area contributed by atoms with E-state index in [1.165, 1.54) is 22.7 Å². The number of benzene rings is 1. The highest BCUT2D eigenvalue weighted by Gasteiger charge is 2.36. The van der Waals surface area contributed by atoms with E-state index in [2.05, 4.69) is 16.7 Å². The van der Waals surface area contributed by atoms with Gasteiger partial charge >= 0.3 is 11.8 Å². The van der Waals surface area contributed by atoms with Crippen molar-refractivity contribution < 1.29 is 22.7 Å². The summed E-state index contributed by atoms with van der Waals surface area (Å²) in [6.07, 6.45) is 7.14. The largest absolute Gasteiger partial charge is 0.360 e. The van der Waals surface area contributed by atoms with Gasteiger partial charge in [-0.05, 0) is 70.4 Å². The summed E-state index contributed by atoms with van der Waals surface area (Å²) in [6.45, 7) is 6.47. The second kappa shape index (κ2) is 11.3. The molecule has 0 spiro atoms. The molecule has 1 aliphatic heterocycles. The predicted molar refractivity (Wildman–Crippen MR) is 126 cm³/mol. The molecule has 1 saturated heterocycles. The first-order chi connectivity index (χ1) is 15.7. The van der Waals surface area contributed by atoms with E-state index in [4.69, 9.17) is 4.74 Å². The molecule has 9 heteroatoms. The Bertz CT molecular complexity index is 996. The lowest BCUT2D eigenvalue weighted by atomic mass is 9.97. The third-order valence-corrected chi connectivity index (χ3v) is 8.28. The highest BCUT2D eigenvalue weighted by molar-refractivity contribution is 7.89. The van der Waals surface area contributed by atoms with E-state index < -0.39 is 28.1 Å². The standard InChI is InChI=1S/C24H35N3O5S/c1-17-14-18(2)22(19(3)15-17)33(30,31)27-12-7-13-32-21(27)16-26-24(29)23(28)25-11-10-20-8-5-4-6-9-20/h8,14-15,21H,4-7,9-13,16H2,1-3H3,(H,25,28)(H,26,29)/t21-/m1/s1. The zero-order valence-electron chi connectivity index (χ0n) is 19.8. The van der Waals surface area contributed by atoms with Gasteiger partial charge in [-0.15, -0.1) is 0 Å². The topological polar surface area (TPSA) is 105 Å². The lowest BCUT2D eigenvalue weighted by Gasteiger charge is -2.35. The van der Waals surface area contributed by atoms with Crippen LogP contribution >= 0.6 is 0 Å². The Hall–Kier alpha value is -2.23. The Balaban J connectivity index is 1.59. The summed E-state index contributed by atoms with van der Waals surface area (Å²) in [5.41, 5.74) is 3.66. The molecule has 0 radical (unpaired) electrons. The molecule has 0 saturated carbocycles. The SMILES string of the molecule is Cc1cc(C)c(S(=O)(=O)N2CCCO[C@@H]2CNC(=O)C(=O)NCCC2=CCCCC2)c(C)c1. The molecule has 1 aromatic carbocycles. The van der Waals surface area contributed by atoms with Crippen LogP contribution in [0.5, 0.6) is 0 Å². The van der Waals surface area contributed by atoms with Gasteiger partial charge in [-0.2, -0.15) is 4.31 Å². The molecule has 0 unspecified atom stereocenters. The molecular formula is C24H35N3O5S. The molecule has 2 N–H and O–H groups in total. The Labute approximate surface area is 196 Å². The Morgan fingerprint density at radius 2 is 1.76 bits per heavy atom. The number of hydrogen-bond acceptors (Lipinski definition) is 5. The summed E-state index contributed by atoms with van der Waals surface area (Å²) >= 11 is 0. The van der Waals surface area contributed by atoms with Gasteiger partial charge < -0.3 is 15.4 Å². The zero-order valence-corrected chi connectivity index (χ0v) is 20.6. The van der Waals surface area contributed by atoms with Gasteiger partial charge in [-0.1, -0.05) is 29.3 Å². The number of amides is 2. The van der Waals surface area contributed by atoms with E-state index in [9.17, 15) is 18.0 Å². The summed E-state index contributed by atoms with van der Waals surface area (Å²) in [4.78, 5) is 24.7. The number of sulfonamides is 1. The van der Waals surface area contributed by atoms with E-state index in [1.54, 1.807) is 13.8 Å². The lowest BCUT2D eigenvalue weighted by Crippen LogP contribution is -2.53. The van der Waals surface area contributed by atoms with E-state index in [1.807, 2.05) is 19.1 Å². The first kappa shape index (κ1) is 25.4. The molecule has 0 bridgehead atoms. The number of nitrogens with zero attached hydrogens (tertiary/aromatic N) is 1. The number of rotatable bonds is 7. The van der Waals surface area contributed by atoms with Crippen molar-refractivity contribution in [3.63, 3.8) is 0 Å². The fourth-order valence-electron chi connectivity index (χ4n) is 4.60. The van der Waals surface area contributed by atoms with Crippen LogP contribution < -0.4 is 10.6 Å². The Morgan fingerprint density at radius 3 is 2.42 bits per heavy atom. The van der Waals surface area contributed by atoms with Gasteiger partial charge in [0.2, 0.25) is 10.0 Å². The highest BCUT2D eigenvalue weighted by Crippen LogP contribution is 2.28. The van der Waals surface area contributed by atoms with Crippen LogP contribution in [0.1, 0.15) is 55.2 Å². The molecule has 1 fully saturated rings. The van der Waals surface area contributed by atoms with Crippen LogP contribution in [-0.2, 0) is 24.3 Å². The second-order valence-electron chi connectivity index (χ2n) is 8.85. The smallest absolute Gasteiger partial charge is 0.309 e. The predicted octanol–water partition coefficient (Wildman–Crippen LogP) is 2.47. The van der Waals surface area contributed by atoms with E-state index in [-0.39, 0.29) is 18.0 Å². The first-order valence-electron chi connectivity index (χ1n) is 11.7. The minimum absolute atomic E-state index is 0.0966. The molecule has 2 amide bonds. The molecule has 33 heavy (non-hydrogen) atoms. The average molecular weight is 478 g/mol. The quantitative estimate of drug-likeness (QED) is 0.464. The average Bonchev–Trinajstić information content (AvgIpc) is 2.77. The van der Waals surface area contributed by atoms with Crippen molar-refractivity contribution in [2.45, 2.75) is 70.4 Å². The van der Waals surface area contributed by atoms with Gasteiger partial charge in [0.05, 0.1) is 18.0 Å². The van der Waals surface area contributed by atoms with Crippen LogP contribution in [0.15, 0.2) is 28.7 Å². The highest BCUT2D eigenvalue weighted by atomic mass is 32.2. The van der Waals surface area contributed by atoms with Crippen molar-refractivity contribution >= 4 is 21.8 Å². The monoisotopic (exact) mass is 477 g/mol. The number of allylic oxidation sites excluding steroid dienone is 1. The van der Waals surface area contributed by atoms with Crippen LogP contribution in [-0.4, -0.2) is 57.0 Å². The van der Waals surface area contributed by atoms with Crippen LogP contribution in [0.2, 0.25) is 0 Å². The van der Waals surface area contributed by atoms with Gasteiger partial charge in [0.1, 0.15) is 6.23 Å². The number of aryl methyl sites for hydroxylation is 3. The first-order valence-corrected chi connectivity index (χ1v) is 13.1. The third-order valence-electron chi connectivity index (χ3n) is 6.09. The second-order valence-corrected chi connectivity index (χ2v) is 10.7. The number of carbonyl (C=O) groups excluding carboxylic acids is 2. The molecule has 8 nitrogen and oxygen atoms in total. The molecule has 182 valence electrons. The van der Waals surface area contributed by atoms with Crippen molar-refractivity contribution in [2.75, 3.05) is 26.2 Å². The molecular weight excluding hydrogens is 442 g/mol. The van der Waals surface area contributed by atoms with Gasteiger partial charge in [0.25, 0.3) is 0 Å².